The highest BCUT2D eigenvalue weighted by atomic mass is 32.2. The number of carbonyl (C=O) groups is 2. The number of hydrogen-bond donors (Lipinski definition) is 2. The summed E-state index contributed by atoms with van der Waals surface area (Å²) >= 11 is 0. The standard InChI is InChI=1S/C29H23FN4O2.CH4O3S/c1-3-33-23-13-7-4-10-18(23)19-16-22(31-17-26(19)33)27(35)32-29(2)20-11-5-8-14-24(20)34(28(29)36)25-15-9-6-12-21(25)30;1-5(2,3)4/h4-17H,3H2,1-2H3,(H,32,35);1H3,(H,2,3,4)/t29-;/m0./s1. The van der Waals surface area contributed by atoms with E-state index in [-0.39, 0.29) is 11.4 Å². The number of halogens is 1. The lowest BCUT2D eigenvalue weighted by molar-refractivity contribution is -0.122. The molecule has 0 spiro atoms. The van der Waals surface area contributed by atoms with Crippen molar-refractivity contribution >= 4 is 55.1 Å². The molecule has 0 aliphatic carbocycles. The minimum atomic E-state index is -3.67. The van der Waals surface area contributed by atoms with Crippen molar-refractivity contribution in [3.63, 3.8) is 0 Å². The normalized spacial score (nSPS) is 16.4. The third-order valence-corrected chi connectivity index (χ3v) is 6.98. The van der Waals surface area contributed by atoms with E-state index in [0.29, 0.717) is 17.5 Å². The van der Waals surface area contributed by atoms with Gasteiger partial charge < -0.3 is 9.88 Å². The highest BCUT2D eigenvalue weighted by Crippen LogP contribution is 2.44. The first-order chi connectivity index (χ1) is 19.4. The monoisotopic (exact) mass is 574 g/mol. The van der Waals surface area contributed by atoms with Crippen LogP contribution >= 0.6 is 0 Å². The minimum Gasteiger partial charge on any atom is -0.339 e. The number of aryl methyl sites for hydroxylation is 1. The number of amides is 2. The molecule has 0 bridgehead atoms. The molecule has 0 saturated carbocycles. The Balaban J connectivity index is 0.000000623. The number of anilines is 2. The van der Waals surface area contributed by atoms with Crippen molar-refractivity contribution in [1.29, 1.82) is 0 Å². The number of para-hydroxylation sites is 3. The van der Waals surface area contributed by atoms with Crippen LogP contribution in [0.15, 0.2) is 85.1 Å². The summed E-state index contributed by atoms with van der Waals surface area (Å²) in [7, 11) is -3.67. The highest BCUT2D eigenvalue weighted by Gasteiger charge is 2.49. The van der Waals surface area contributed by atoms with Gasteiger partial charge in [-0.1, -0.05) is 48.5 Å². The first-order valence-electron chi connectivity index (χ1n) is 12.7. The summed E-state index contributed by atoms with van der Waals surface area (Å²) in [5.41, 5.74) is 2.08. The molecule has 2 N–H and O–H groups in total. The number of benzene rings is 3. The number of aromatic nitrogens is 2. The van der Waals surface area contributed by atoms with E-state index < -0.39 is 33.3 Å². The first kappa shape index (κ1) is 27.9. The third-order valence-electron chi connectivity index (χ3n) is 6.98. The van der Waals surface area contributed by atoms with Crippen LogP contribution in [-0.2, 0) is 27.0 Å². The van der Waals surface area contributed by atoms with Crippen molar-refractivity contribution in [2.24, 2.45) is 0 Å². The van der Waals surface area contributed by atoms with Crippen molar-refractivity contribution in [3.05, 3.63) is 102 Å². The Morgan fingerprint density at radius 2 is 1.59 bits per heavy atom. The van der Waals surface area contributed by atoms with Gasteiger partial charge in [0.15, 0.2) is 0 Å². The molecule has 2 aromatic heterocycles. The van der Waals surface area contributed by atoms with Crippen molar-refractivity contribution in [3.8, 4) is 0 Å². The van der Waals surface area contributed by atoms with Crippen LogP contribution in [0.1, 0.15) is 29.9 Å². The fourth-order valence-corrected chi connectivity index (χ4v) is 5.23. The molecule has 5 aromatic rings. The number of rotatable bonds is 4. The summed E-state index contributed by atoms with van der Waals surface area (Å²) in [6.07, 6.45) is 2.42. The second-order valence-electron chi connectivity index (χ2n) is 9.77. The Kier molecular flexibility index (Phi) is 7.10. The topological polar surface area (TPSA) is 122 Å². The number of fused-ring (bicyclic) bond motifs is 4. The van der Waals surface area contributed by atoms with E-state index >= 15 is 0 Å². The minimum absolute atomic E-state index is 0.139. The molecule has 9 nitrogen and oxygen atoms in total. The van der Waals surface area contributed by atoms with Gasteiger partial charge in [-0.2, -0.15) is 8.42 Å². The van der Waals surface area contributed by atoms with E-state index in [0.717, 1.165) is 28.4 Å². The summed E-state index contributed by atoms with van der Waals surface area (Å²) in [6, 6.07) is 23.0. The Bertz CT molecular complexity index is 1930. The summed E-state index contributed by atoms with van der Waals surface area (Å²) in [5, 5.41) is 4.86. The Morgan fingerprint density at radius 1 is 0.976 bits per heavy atom. The molecule has 0 saturated heterocycles. The van der Waals surface area contributed by atoms with E-state index in [9.17, 15) is 22.4 Å². The Labute approximate surface area is 236 Å². The molecule has 1 aliphatic rings. The molecule has 3 aromatic carbocycles. The largest absolute Gasteiger partial charge is 0.339 e. The average molecular weight is 575 g/mol. The smallest absolute Gasteiger partial charge is 0.271 e. The van der Waals surface area contributed by atoms with Gasteiger partial charge >= 0.3 is 0 Å². The predicted octanol–water partition coefficient (Wildman–Crippen LogP) is 5.18. The molecule has 3 heterocycles. The van der Waals surface area contributed by atoms with Crippen molar-refractivity contribution < 1.29 is 27.0 Å². The fraction of sp³-hybridized carbons (Fsp3) is 0.167. The van der Waals surface area contributed by atoms with Crippen LogP contribution in [0.25, 0.3) is 21.8 Å². The second kappa shape index (κ2) is 10.4. The SMILES string of the molecule is CCn1c2ccccc2c2cc(C(=O)N[C@]3(C)C(=O)N(c4ccccc4F)c4ccccc43)ncc21.CS(=O)(=O)O. The van der Waals surface area contributed by atoms with Gasteiger partial charge in [0.05, 0.1) is 29.3 Å². The van der Waals surface area contributed by atoms with Crippen molar-refractivity contribution in [2.45, 2.75) is 25.9 Å². The van der Waals surface area contributed by atoms with Crippen LogP contribution in [0, 0.1) is 5.82 Å². The van der Waals surface area contributed by atoms with E-state index in [1.54, 1.807) is 61.7 Å². The molecule has 41 heavy (non-hydrogen) atoms. The van der Waals surface area contributed by atoms with Crippen molar-refractivity contribution in [2.75, 3.05) is 11.2 Å². The molecule has 0 unspecified atom stereocenters. The Hall–Kier alpha value is -4.61. The lowest BCUT2D eigenvalue weighted by Crippen LogP contribution is -2.50. The second-order valence-corrected chi connectivity index (χ2v) is 11.2. The van der Waals surface area contributed by atoms with Gasteiger partial charge in [0, 0.05) is 28.4 Å². The maximum atomic E-state index is 14.7. The van der Waals surface area contributed by atoms with Crippen LogP contribution in [0.3, 0.4) is 0 Å². The van der Waals surface area contributed by atoms with Gasteiger partial charge in [-0.05, 0) is 44.2 Å². The summed E-state index contributed by atoms with van der Waals surface area (Å²) in [4.78, 5) is 33.0. The van der Waals surface area contributed by atoms with E-state index in [4.69, 9.17) is 4.55 Å². The van der Waals surface area contributed by atoms with Gasteiger partial charge in [-0.25, -0.2) is 9.37 Å². The lowest BCUT2D eigenvalue weighted by atomic mass is 9.93. The maximum Gasteiger partial charge on any atom is 0.271 e. The van der Waals surface area contributed by atoms with Crippen molar-refractivity contribution in [1.82, 2.24) is 14.9 Å². The molecule has 1 atom stereocenters. The van der Waals surface area contributed by atoms with Crippen LogP contribution in [0.2, 0.25) is 0 Å². The molecule has 210 valence electrons. The van der Waals surface area contributed by atoms with E-state index in [1.807, 2.05) is 24.3 Å². The highest BCUT2D eigenvalue weighted by molar-refractivity contribution is 7.85. The van der Waals surface area contributed by atoms with Gasteiger partial charge in [0.1, 0.15) is 17.1 Å². The van der Waals surface area contributed by atoms with Crippen LogP contribution in [0.5, 0.6) is 0 Å². The van der Waals surface area contributed by atoms with Crippen LogP contribution in [0.4, 0.5) is 15.8 Å². The number of hydrogen-bond acceptors (Lipinski definition) is 5. The lowest BCUT2D eigenvalue weighted by Gasteiger charge is -2.26. The molecule has 6 rings (SSSR count). The summed E-state index contributed by atoms with van der Waals surface area (Å²) in [5.74, 6) is -1.44. The fourth-order valence-electron chi connectivity index (χ4n) is 5.23. The van der Waals surface area contributed by atoms with Gasteiger partial charge in [0.25, 0.3) is 21.9 Å². The van der Waals surface area contributed by atoms with Crippen LogP contribution < -0.4 is 10.2 Å². The number of carbonyl (C=O) groups excluding carboxylic acids is 2. The molecule has 1 aliphatic heterocycles. The van der Waals surface area contributed by atoms with Gasteiger partial charge in [0.2, 0.25) is 0 Å². The maximum absolute atomic E-state index is 14.7. The number of nitrogens with one attached hydrogen (secondary N) is 1. The molecule has 11 heteroatoms. The first-order valence-corrected chi connectivity index (χ1v) is 14.6. The zero-order valence-electron chi connectivity index (χ0n) is 22.5. The van der Waals surface area contributed by atoms with E-state index in [1.165, 1.54) is 11.0 Å². The molecular weight excluding hydrogens is 547 g/mol. The number of pyridine rings is 1. The Morgan fingerprint density at radius 3 is 2.27 bits per heavy atom. The molecular formula is C30H27FN4O5S. The zero-order valence-corrected chi connectivity index (χ0v) is 23.3. The molecule has 0 fully saturated rings. The summed E-state index contributed by atoms with van der Waals surface area (Å²) < 4.78 is 42.7. The summed E-state index contributed by atoms with van der Waals surface area (Å²) in [6.45, 7) is 4.48. The predicted molar refractivity (Wildman–Crippen MR) is 155 cm³/mol. The van der Waals surface area contributed by atoms with Crippen LogP contribution in [-0.4, -0.2) is 40.6 Å². The quantitative estimate of drug-likeness (QED) is 0.286. The third kappa shape index (κ3) is 5.05. The molecule has 2 amide bonds. The molecule has 0 radical (unpaired) electrons. The van der Waals surface area contributed by atoms with E-state index in [2.05, 4.69) is 21.8 Å². The van der Waals surface area contributed by atoms with Gasteiger partial charge in [-0.3, -0.25) is 19.0 Å². The zero-order chi connectivity index (χ0) is 29.5. The average Bonchev–Trinajstić information content (AvgIpc) is 3.36. The van der Waals surface area contributed by atoms with Gasteiger partial charge in [-0.15, -0.1) is 0 Å². The number of nitrogens with zero attached hydrogens (tertiary/aromatic N) is 3.